The molecular formula is C15H22N4S. The lowest BCUT2D eigenvalue weighted by atomic mass is 10.1. The normalized spacial score (nSPS) is 15.8. The fraction of sp³-hybridized carbons (Fsp3) is 0.600. The number of hydrogen-bond donors (Lipinski definition) is 1. The van der Waals surface area contributed by atoms with Gasteiger partial charge in [-0.2, -0.15) is 5.10 Å². The zero-order chi connectivity index (χ0) is 14.1. The van der Waals surface area contributed by atoms with Crippen LogP contribution in [0, 0.1) is 0 Å². The molecule has 5 heteroatoms. The van der Waals surface area contributed by atoms with Crippen molar-refractivity contribution < 1.29 is 0 Å². The predicted octanol–water partition coefficient (Wildman–Crippen LogP) is 2.94. The van der Waals surface area contributed by atoms with Gasteiger partial charge >= 0.3 is 0 Å². The van der Waals surface area contributed by atoms with Crippen molar-refractivity contribution in [1.82, 2.24) is 20.1 Å². The lowest BCUT2D eigenvalue weighted by molar-refractivity contribution is 0.525. The van der Waals surface area contributed by atoms with Crippen molar-refractivity contribution in [1.29, 1.82) is 0 Å². The van der Waals surface area contributed by atoms with Crippen LogP contribution < -0.4 is 5.32 Å². The summed E-state index contributed by atoms with van der Waals surface area (Å²) in [7, 11) is 0. The fourth-order valence-electron chi connectivity index (χ4n) is 2.68. The van der Waals surface area contributed by atoms with E-state index in [0.29, 0.717) is 6.04 Å². The summed E-state index contributed by atoms with van der Waals surface area (Å²) in [6.07, 6.45) is 7.72. The average molecular weight is 290 g/mol. The predicted molar refractivity (Wildman–Crippen MR) is 82.2 cm³/mol. The summed E-state index contributed by atoms with van der Waals surface area (Å²) in [4.78, 5) is 6.36. The fourth-order valence-corrected chi connectivity index (χ4v) is 3.92. The zero-order valence-corrected chi connectivity index (χ0v) is 13.2. The molecule has 0 saturated carbocycles. The molecule has 0 radical (unpaired) electrons. The van der Waals surface area contributed by atoms with Crippen LogP contribution in [0.3, 0.4) is 0 Å². The molecule has 108 valence electrons. The largest absolute Gasteiger partial charge is 0.302 e. The van der Waals surface area contributed by atoms with Gasteiger partial charge in [-0.05, 0) is 40.0 Å². The molecular weight excluding hydrogens is 268 g/mol. The number of aromatic nitrogens is 3. The van der Waals surface area contributed by atoms with Gasteiger partial charge in [-0.3, -0.25) is 4.68 Å². The zero-order valence-electron chi connectivity index (χ0n) is 12.4. The Balaban J connectivity index is 1.92. The van der Waals surface area contributed by atoms with Crippen LogP contribution in [0.2, 0.25) is 0 Å². The van der Waals surface area contributed by atoms with Crippen LogP contribution in [0.4, 0.5) is 0 Å². The molecule has 1 aliphatic rings. The van der Waals surface area contributed by atoms with Crippen LogP contribution in [0.1, 0.15) is 54.4 Å². The van der Waals surface area contributed by atoms with Gasteiger partial charge in [-0.1, -0.05) is 0 Å². The highest BCUT2D eigenvalue weighted by molar-refractivity contribution is 7.11. The van der Waals surface area contributed by atoms with E-state index in [1.54, 1.807) is 0 Å². The molecule has 0 saturated heterocycles. The third-order valence-corrected chi connectivity index (χ3v) is 4.89. The maximum Gasteiger partial charge on any atom is 0.115 e. The summed E-state index contributed by atoms with van der Waals surface area (Å²) in [6.45, 7) is 7.37. The lowest BCUT2D eigenvalue weighted by Gasteiger charge is -2.18. The Morgan fingerprint density at radius 3 is 2.90 bits per heavy atom. The van der Waals surface area contributed by atoms with E-state index < -0.39 is 0 Å². The molecule has 3 rings (SSSR count). The molecule has 1 aliphatic carbocycles. The molecule has 1 atom stereocenters. The van der Waals surface area contributed by atoms with Gasteiger partial charge in [0.25, 0.3) is 0 Å². The van der Waals surface area contributed by atoms with E-state index in [1.807, 2.05) is 22.2 Å². The number of rotatable bonds is 5. The lowest BCUT2D eigenvalue weighted by Crippen LogP contribution is -2.28. The molecule has 2 aromatic rings. The first-order valence-electron chi connectivity index (χ1n) is 7.44. The van der Waals surface area contributed by atoms with E-state index in [1.165, 1.54) is 34.0 Å². The molecule has 0 fully saturated rings. The van der Waals surface area contributed by atoms with Gasteiger partial charge in [0, 0.05) is 29.2 Å². The molecule has 1 unspecified atom stereocenters. The van der Waals surface area contributed by atoms with Crippen molar-refractivity contribution in [3.63, 3.8) is 0 Å². The molecule has 2 heterocycles. The van der Waals surface area contributed by atoms with Gasteiger partial charge < -0.3 is 5.32 Å². The van der Waals surface area contributed by atoms with Crippen LogP contribution >= 0.6 is 11.3 Å². The van der Waals surface area contributed by atoms with Crippen LogP contribution in [-0.2, 0) is 19.4 Å². The topological polar surface area (TPSA) is 42.7 Å². The summed E-state index contributed by atoms with van der Waals surface area (Å²) in [5, 5.41) is 9.23. The standard InChI is InChI=1S/C15H22N4S/c1-4-19-9-11(8-16-19)14(17-10(2)3)15-18-12-6-5-7-13(12)20-15/h8-10,14,17H,4-7H2,1-3H3. The van der Waals surface area contributed by atoms with Crippen LogP contribution in [0.15, 0.2) is 12.4 Å². The van der Waals surface area contributed by atoms with Crippen molar-refractivity contribution in [3.8, 4) is 0 Å². The highest BCUT2D eigenvalue weighted by Gasteiger charge is 2.24. The van der Waals surface area contributed by atoms with Gasteiger partial charge in [-0.15, -0.1) is 11.3 Å². The third kappa shape index (κ3) is 2.65. The van der Waals surface area contributed by atoms with Crippen molar-refractivity contribution in [2.75, 3.05) is 0 Å². The molecule has 20 heavy (non-hydrogen) atoms. The molecule has 1 N–H and O–H groups in total. The number of nitrogens with zero attached hydrogens (tertiary/aromatic N) is 3. The second kappa shape index (κ2) is 5.66. The third-order valence-electron chi connectivity index (χ3n) is 3.67. The Kier molecular flexibility index (Phi) is 3.89. The van der Waals surface area contributed by atoms with Gasteiger partial charge in [0.2, 0.25) is 0 Å². The number of nitrogens with one attached hydrogen (secondary N) is 1. The Labute approximate surface area is 124 Å². The van der Waals surface area contributed by atoms with Gasteiger partial charge in [0.05, 0.1) is 17.9 Å². The summed E-state index contributed by atoms with van der Waals surface area (Å²) < 4.78 is 1.98. The van der Waals surface area contributed by atoms with Crippen molar-refractivity contribution in [2.45, 2.75) is 58.7 Å². The first-order chi connectivity index (χ1) is 9.67. The molecule has 0 bridgehead atoms. The first-order valence-corrected chi connectivity index (χ1v) is 8.26. The summed E-state index contributed by atoms with van der Waals surface area (Å²) >= 11 is 1.87. The smallest absolute Gasteiger partial charge is 0.115 e. The van der Waals surface area contributed by atoms with Crippen molar-refractivity contribution >= 4 is 11.3 Å². The van der Waals surface area contributed by atoms with Gasteiger partial charge in [0.15, 0.2) is 0 Å². The molecule has 2 aromatic heterocycles. The van der Waals surface area contributed by atoms with Gasteiger partial charge in [0.1, 0.15) is 5.01 Å². The Bertz CT molecular complexity index is 563. The van der Waals surface area contributed by atoms with Crippen LogP contribution in [0.5, 0.6) is 0 Å². The minimum absolute atomic E-state index is 0.172. The number of aryl methyl sites for hydroxylation is 3. The van der Waals surface area contributed by atoms with E-state index in [9.17, 15) is 0 Å². The Morgan fingerprint density at radius 1 is 1.40 bits per heavy atom. The minimum Gasteiger partial charge on any atom is -0.302 e. The highest BCUT2D eigenvalue weighted by Crippen LogP contribution is 2.33. The van der Waals surface area contributed by atoms with E-state index in [2.05, 4.69) is 37.4 Å². The monoisotopic (exact) mass is 290 g/mol. The van der Waals surface area contributed by atoms with Gasteiger partial charge in [-0.25, -0.2) is 4.98 Å². The SMILES string of the molecule is CCn1cc(C(NC(C)C)c2nc3c(s2)CCC3)cn1. The van der Waals surface area contributed by atoms with Crippen LogP contribution in [0.25, 0.3) is 0 Å². The summed E-state index contributed by atoms with van der Waals surface area (Å²) in [5.74, 6) is 0. The molecule has 0 amide bonds. The highest BCUT2D eigenvalue weighted by atomic mass is 32.1. The molecule has 0 aliphatic heterocycles. The molecule has 0 spiro atoms. The Hall–Kier alpha value is -1.20. The van der Waals surface area contributed by atoms with E-state index in [4.69, 9.17) is 4.98 Å². The second-order valence-corrected chi connectivity index (χ2v) is 6.77. The number of hydrogen-bond acceptors (Lipinski definition) is 4. The van der Waals surface area contributed by atoms with Crippen molar-refractivity contribution in [2.24, 2.45) is 0 Å². The second-order valence-electron chi connectivity index (χ2n) is 5.66. The molecule has 0 aromatic carbocycles. The average Bonchev–Trinajstić information content (AvgIpc) is 3.10. The van der Waals surface area contributed by atoms with Crippen molar-refractivity contribution in [3.05, 3.63) is 33.5 Å². The maximum absolute atomic E-state index is 4.87. The quantitative estimate of drug-likeness (QED) is 0.920. The minimum atomic E-state index is 0.172. The number of fused-ring (bicyclic) bond motifs is 1. The summed E-state index contributed by atoms with van der Waals surface area (Å²) in [5.41, 5.74) is 2.54. The van der Waals surface area contributed by atoms with E-state index in [0.717, 1.165) is 13.0 Å². The number of thiazole rings is 1. The Morgan fingerprint density at radius 2 is 2.25 bits per heavy atom. The first kappa shape index (κ1) is 13.8. The molecule has 4 nitrogen and oxygen atoms in total. The maximum atomic E-state index is 4.87. The van der Waals surface area contributed by atoms with Crippen LogP contribution in [-0.4, -0.2) is 20.8 Å². The van der Waals surface area contributed by atoms with E-state index >= 15 is 0 Å². The van der Waals surface area contributed by atoms with E-state index in [-0.39, 0.29) is 6.04 Å². The summed E-state index contributed by atoms with van der Waals surface area (Å²) in [6, 6.07) is 0.592.